The van der Waals surface area contributed by atoms with Crippen molar-refractivity contribution in [3.05, 3.63) is 117 Å². The largest absolute Gasteiger partial charge is 0.494 e. The van der Waals surface area contributed by atoms with Crippen LogP contribution in [0.2, 0.25) is 5.02 Å². The average molecular weight is 657 g/mol. The lowest BCUT2D eigenvalue weighted by molar-refractivity contribution is 0.0734. The summed E-state index contributed by atoms with van der Waals surface area (Å²) in [5, 5.41) is 4.38. The van der Waals surface area contributed by atoms with Gasteiger partial charge in [-0.2, -0.15) is 5.10 Å². The number of nitrogens with one attached hydrogen (secondary N) is 2. The minimum atomic E-state index is -3.99. The van der Waals surface area contributed by atoms with Crippen molar-refractivity contribution in [2.75, 3.05) is 11.3 Å². The number of sulfonamides is 1. The van der Waals surface area contributed by atoms with Gasteiger partial charge in [-0.15, -0.1) is 0 Å². The van der Waals surface area contributed by atoms with E-state index in [9.17, 15) is 18.0 Å². The molecule has 0 atom stereocenters. The number of hydrogen-bond acceptors (Lipinski definition) is 7. The lowest BCUT2D eigenvalue weighted by Crippen LogP contribution is -2.21. The molecule has 0 heterocycles. The number of benzene rings is 4. The number of carbonyl (C=O) groups excluding carboxylic acids is 2. The van der Waals surface area contributed by atoms with Crippen LogP contribution in [0.3, 0.4) is 0 Å². The van der Waals surface area contributed by atoms with E-state index in [1.807, 2.05) is 6.92 Å². The third kappa shape index (κ3) is 7.94. The Morgan fingerprint density at radius 1 is 0.976 bits per heavy atom. The highest BCUT2D eigenvalue weighted by Gasteiger charge is 2.19. The Morgan fingerprint density at radius 3 is 2.39 bits per heavy atom. The Kier molecular flexibility index (Phi) is 9.77. The van der Waals surface area contributed by atoms with Crippen LogP contribution in [0, 0.1) is 0 Å². The third-order valence-corrected chi connectivity index (χ3v) is 7.61. The summed E-state index contributed by atoms with van der Waals surface area (Å²) in [6, 6.07) is 23.2. The Hall–Kier alpha value is -4.19. The van der Waals surface area contributed by atoms with Gasteiger partial charge in [-0.1, -0.05) is 39.7 Å². The minimum Gasteiger partial charge on any atom is -0.494 e. The molecule has 0 bridgehead atoms. The van der Waals surface area contributed by atoms with Gasteiger partial charge in [-0.05, 0) is 85.8 Å². The normalized spacial score (nSPS) is 11.2. The summed E-state index contributed by atoms with van der Waals surface area (Å²) in [5.74, 6) is -0.411. The molecule has 0 radical (unpaired) electrons. The fraction of sp³-hybridized carbons (Fsp3) is 0.0690. The molecule has 0 aliphatic heterocycles. The van der Waals surface area contributed by atoms with Gasteiger partial charge in [0.25, 0.3) is 15.9 Å². The van der Waals surface area contributed by atoms with E-state index in [4.69, 9.17) is 21.1 Å². The zero-order valence-corrected chi connectivity index (χ0v) is 24.7. The van der Waals surface area contributed by atoms with Gasteiger partial charge in [0.2, 0.25) is 0 Å². The van der Waals surface area contributed by atoms with Crippen LogP contribution in [-0.4, -0.2) is 33.1 Å². The van der Waals surface area contributed by atoms with Gasteiger partial charge in [0, 0.05) is 15.1 Å². The number of hydrogen-bond donors (Lipinski definition) is 2. The highest BCUT2D eigenvalue weighted by molar-refractivity contribution is 9.10. The Balaban J connectivity index is 1.48. The number of halogens is 2. The van der Waals surface area contributed by atoms with Crippen LogP contribution in [-0.2, 0) is 10.0 Å². The molecular weight excluding hydrogens is 634 g/mol. The summed E-state index contributed by atoms with van der Waals surface area (Å²) in [7, 11) is -3.99. The zero-order chi connectivity index (χ0) is 29.4. The van der Waals surface area contributed by atoms with Gasteiger partial charge in [0.05, 0.1) is 34.5 Å². The van der Waals surface area contributed by atoms with Crippen LogP contribution in [0.1, 0.15) is 33.2 Å². The summed E-state index contributed by atoms with van der Waals surface area (Å²) in [6.45, 7) is 2.37. The van der Waals surface area contributed by atoms with E-state index in [0.717, 1.165) is 0 Å². The quantitative estimate of drug-likeness (QED) is 0.0896. The van der Waals surface area contributed by atoms with Crippen molar-refractivity contribution in [3.8, 4) is 11.5 Å². The van der Waals surface area contributed by atoms with E-state index >= 15 is 0 Å². The van der Waals surface area contributed by atoms with Crippen molar-refractivity contribution in [3.63, 3.8) is 0 Å². The lowest BCUT2D eigenvalue weighted by Gasteiger charge is -2.12. The van der Waals surface area contributed by atoms with Gasteiger partial charge in [0.1, 0.15) is 11.5 Å². The maximum absolute atomic E-state index is 12.9. The van der Waals surface area contributed by atoms with E-state index in [-0.39, 0.29) is 21.9 Å². The van der Waals surface area contributed by atoms with Gasteiger partial charge >= 0.3 is 5.97 Å². The molecular formula is C29H23BrClN3O6S. The number of esters is 1. The molecule has 0 fully saturated rings. The second-order valence-electron chi connectivity index (χ2n) is 8.33. The van der Waals surface area contributed by atoms with Crippen LogP contribution in [0.5, 0.6) is 11.5 Å². The molecule has 0 saturated carbocycles. The number of para-hydroxylation sites is 1. The number of amides is 1. The van der Waals surface area contributed by atoms with Crippen LogP contribution < -0.4 is 19.6 Å². The molecule has 4 aromatic rings. The molecule has 0 unspecified atom stereocenters. The summed E-state index contributed by atoms with van der Waals surface area (Å²) in [6.07, 6.45) is 1.31. The van der Waals surface area contributed by atoms with Crippen LogP contribution >= 0.6 is 27.5 Å². The zero-order valence-electron chi connectivity index (χ0n) is 21.5. The van der Waals surface area contributed by atoms with Gasteiger partial charge in [-0.3, -0.25) is 9.52 Å². The Morgan fingerprint density at radius 2 is 1.68 bits per heavy atom. The summed E-state index contributed by atoms with van der Waals surface area (Å²) in [4.78, 5) is 25.6. The molecule has 9 nitrogen and oxygen atoms in total. The fourth-order valence-electron chi connectivity index (χ4n) is 3.53. The second kappa shape index (κ2) is 13.4. The highest BCUT2D eigenvalue weighted by Crippen LogP contribution is 2.24. The standard InChI is InChI=1S/C29H23BrClN3O6S/c1-2-39-23-12-7-19(8-13-23)29(36)40-27-16-9-21(30)17-20(27)18-32-33-28(35)25-5-3-4-6-26(25)34-41(37,38)24-14-10-22(31)11-15-24/h3-18,34H,2H2,1H3,(H,33,35). The molecule has 0 spiro atoms. The van der Waals surface area contributed by atoms with Crippen LogP contribution in [0.15, 0.2) is 105 Å². The maximum atomic E-state index is 12.9. The monoisotopic (exact) mass is 655 g/mol. The van der Waals surface area contributed by atoms with Gasteiger partial charge < -0.3 is 9.47 Å². The molecule has 210 valence electrons. The van der Waals surface area contributed by atoms with Gasteiger partial charge in [0.15, 0.2) is 0 Å². The number of ether oxygens (including phenoxy) is 2. The van der Waals surface area contributed by atoms with E-state index in [1.54, 1.807) is 54.6 Å². The third-order valence-electron chi connectivity index (χ3n) is 5.49. The molecule has 0 aliphatic carbocycles. The van der Waals surface area contributed by atoms with Crippen molar-refractivity contribution in [1.29, 1.82) is 0 Å². The number of nitrogens with zero attached hydrogens (tertiary/aromatic N) is 1. The fourth-order valence-corrected chi connectivity index (χ4v) is 5.12. The van der Waals surface area contributed by atoms with E-state index in [0.29, 0.717) is 33.0 Å². The van der Waals surface area contributed by atoms with E-state index in [1.165, 1.54) is 42.6 Å². The number of carbonyl (C=O) groups is 2. The molecule has 0 aliphatic rings. The molecule has 12 heteroatoms. The Bertz CT molecular complexity index is 1690. The molecule has 1 amide bonds. The summed E-state index contributed by atoms with van der Waals surface area (Å²) in [5.41, 5.74) is 3.20. The average Bonchev–Trinajstić information content (AvgIpc) is 2.95. The summed E-state index contributed by atoms with van der Waals surface area (Å²) >= 11 is 9.23. The first-order valence-corrected chi connectivity index (χ1v) is 14.8. The Labute approximate surface area is 250 Å². The van der Waals surface area contributed by atoms with Crippen molar-refractivity contribution in [2.24, 2.45) is 5.10 Å². The molecule has 0 aromatic heterocycles. The van der Waals surface area contributed by atoms with Crippen LogP contribution in [0.4, 0.5) is 5.69 Å². The molecule has 2 N–H and O–H groups in total. The SMILES string of the molecule is CCOc1ccc(C(=O)Oc2ccc(Br)cc2C=NNC(=O)c2ccccc2NS(=O)(=O)c2ccc(Cl)cc2)cc1. The molecule has 4 rings (SSSR count). The number of hydrazone groups is 1. The minimum absolute atomic E-state index is 0.0166. The number of rotatable bonds is 10. The van der Waals surface area contributed by atoms with Crippen molar-refractivity contribution < 1.29 is 27.5 Å². The molecule has 0 saturated heterocycles. The number of anilines is 1. The maximum Gasteiger partial charge on any atom is 0.343 e. The topological polar surface area (TPSA) is 123 Å². The van der Waals surface area contributed by atoms with E-state index < -0.39 is 21.9 Å². The van der Waals surface area contributed by atoms with Crippen molar-refractivity contribution in [1.82, 2.24) is 5.43 Å². The van der Waals surface area contributed by atoms with Gasteiger partial charge in [-0.25, -0.2) is 18.6 Å². The van der Waals surface area contributed by atoms with E-state index in [2.05, 4.69) is 31.2 Å². The first kappa shape index (κ1) is 29.8. The first-order chi connectivity index (χ1) is 19.7. The predicted molar refractivity (Wildman–Crippen MR) is 160 cm³/mol. The molecule has 4 aromatic carbocycles. The van der Waals surface area contributed by atoms with Crippen LogP contribution in [0.25, 0.3) is 0 Å². The smallest absolute Gasteiger partial charge is 0.343 e. The predicted octanol–water partition coefficient (Wildman–Crippen LogP) is 6.29. The van der Waals surface area contributed by atoms with Crippen molar-refractivity contribution >= 4 is 61.3 Å². The molecule has 41 heavy (non-hydrogen) atoms. The highest BCUT2D eigenvalue weighted by atomic mass is 79.9. The first-order valence-electron chi connectivity index (χ1n) is 12.1. The lowest BCUT2D eigenvalue weighted by atomic mass is 10.2. The second-order valence-corrected chi connectivity index (χ2v) is 11.4. The summed E-state index contributed by atoms with van der Waals surface area (Å²) < 4.78 is 39.7. The van der Waals surface area contributed by atoms with Crippen molar-refractivity contribution in [2.45, 2.75) is 11.8 Å².